The van der Waals surface area contributed by atoms with Crippen molar-refractivity contribution in [3.8, 4) is 11.5 Å². The first-order valence-electron chi connectivity index (χ1n) is 9.89. The minimum atomic E-state index is -0.227. The van der Waals surface area contributed by atoms with Gasteiger partial charge in [-0.2, -0.15) is 4.98 Å². The van der Waals surface area contributed by atoms with Crippen molar-refractivity contribution in [2.45, 2.75) is 37.8 Å². The molecule has 0 aliphatic heterocycles. The molecule has 4 N–H and O–H groups in total. The summed E-state index contributed by atoms with van der Waals surface area (Å²) in [5, 5.41) is 7.10. The monoisotopic (exact) mass is 411 g/mol. The zero-order valence-corrected chi connectivity index (χ0v) is 17.0. The van der Waals surface area contributed by atoms with Crippen LogP contribution >= 0.6 is 0 Å². The summed E-state index contributed by atoms with van der Waals surface area (Å²) in [5.74, 6) is 1.96. The summed E-state index contributed by atoms with van der Waals surface area (Å²) >= 11 is 0. The van der Waals surface area contributed by atoms with Crippen LogP contribution in [0.3, 0.4) is 0 Å². The third-order valence-corrected chi connectivity index (χ3v) is 5.37. The van der Waals surface area contributed by atoms with Crippen LogP contribution in [0.1, 0.15) is 36.2 Å². The van der Waals surface area contributed by atoms with Gasteiger partial charge < -0.3 is 30.3 Å². The number of hydrogen-bond acceptors (Lipinski definition) is 8. The number of methoxy groups -OCH3 is 2. The van der Waals surface area contributed by atoms with Crippen LogP contribution in [0.25, 0.3) is 10.9 Å². The van der Waals surface area contributed by atoms with E-state index in [9.17, 15) is 4.79 Å². The number of aromatic nitrogens is 2. The van der Waals surface area contributed by atoms with E-state index in [0.717, 1.165) is 25.7 Å². The second kappa shape index (κ2) is 8.48. The van der Waals surface area contributed by atoms with Gasteiger partial charge >= 0.3 is 0 Å². The Balaban J connectivity index is 1.57. The Morgan fingerprint density at radius 3 is 2.57 bits per heavy atom. The molecule has 1 fully saturated rings. The SMILES string of the molecule is COc1cc2nc(N[C@@H]3CCCC[C@@H]3NC(=O)c3ccco3)nc(N)c2cc1OC. The van der Waals surface area contributed by atoms with Crippen molar-refractivity contribution in [1.82, 2.24) is 15.3 Å². The maximum atomic E-state index is 12.4. The molecule has 2 heterocycles. The number of nitrogens with two attached hydrogens (primary N) is 1. The van der Waals surface area contributed by atoms with E-state index in [2.05, 4.69) is 20.6 Å². The Morgan fingerprint density at radius 2 is 1.87 bits per heavy atom. The summed E-state index contributed by atoms with van der Waals surface area (Å²) in [7, 11) is 3.14. The highest BCUT2D eigenvalue weighted by molar-refractivity contribution is 5.92. The van der Waals surface area contributed by atoms with Crippen molar-refractivity contribution in [3.05, 3.63) is 36.3 Å². The number of benzene rings is 1. The average Bonchev–Trinajstić information content (AvgIpc) is 3.29. The number of nitrogens with one attached hydrogen (secondary N) is 2. The predicted molar refractivity (Wildman–Crippen MR) is 113 cm³/mol. The van der Waals surface area contributed by atoms with Gasteiger partial charge in [0, 0.05) is 23.5 Å². The largest absolute Gasteiger partial charge is 0.493 e. The number of carbonyl (C=O) groups is 1. The molecule has 0 unspecified atom stereocenters. The van der Waals surface area contributed by atoms with Crippen LogP contribution in [0.4, 0.5) is 11.8 Å². The van der Waals surface area contributed by atoms with Gasteiger partial charge in [0.2, 0.25) is 5.95 Å². The van der Waals surface area contributed by atoms with Gasteiger partial charge in [-0.1, -0.05) is 12.8 Å². The third-order valence-electron chi connectivity index (χ3n) is 5.37. The Labute approximate surface area is 174 Å². The van der Waals surface area contributed by atoms with Gasteiger partial charge in [-0.15, -0.1) is 0 Å². The minimum absolute atomic E-state index is 0.0188. The van der Waals surface area contributed by atoms with Crippen molar-refractivity contribution >= 4 is 28.6 Å². The molecular weight excluding hydrogens is 386 g/mol. The Kier molecular flexibility index (Phi) is 5.60. The van der Waals surface area contributed by atoms with Gasteiger partial charge in [0.1, 0.15) is 5.82 Å². The van der Waals surface area contributed by atoms with E-state index in [1.54, 1.807) is 38.5 Å². The fraction of sp³-hybridized carbons (Fsp3) is 0.381. The summed E-state index contributed by atoms with van der Waals surface area (Å²) in [5.41, 5.74) is 6.84. The lowest BCUT2D eigenvalue weighted by atomic mass is 9.90. The number of rotatable bonds is 6. The van der Waals surface area contributed by atoms with Crippen molar-refractivity contribution in [2.24, 2.45) is 0 Å². The number of nitrogen functional groups attached to an aromatic ring is 1. The number of furan rings is 1. The molecule has 0 spiro atoms. The molecule has 9 nitrogen and oxygen atoms in total. The second-order valence-corrected chi connectivity index (χ2v) is 7.25. The summed E-state index contributed by atoms with van der Waals surface area (Å²) in [6, 6.07) is 6.79. The lowest BCUT2D eigenvalue weighted by Crippen LogP contribution is -2.48. The third kappa shape index (κ3) is 3.96. The number of nitrogens with zero attached hydrogens (tertiary/aromatic N) is 2. The second-order valence-electron chi connectivity index (χ2n) is 7.25. The molecule has 2 aromatic heterocycles. The molecule has 1 aromatic carbocycles. The van der Waals surface area contributed by atoms with Crippen molar-refractivity contribution in [1.29, 1.82) is 0 Å². The normalized spacial score (nSPS) is 18.7. The van der Waals surface area contributed by atoms with E-state index >= 15 is 0 Å². The summed E-state index contributed by atoms with van der Waals surface area (Å²) in [6.45, 7) is 0. The number of ether oxygens (including phenoxy) is 2. The number of amides is 1. The molecule has 0 saturated heterocycles. The first-order chi connectivity index (χ1) is 14.6. The highest BCUT2D eigenvalue weighted by Gasteiger charge is 2.28. The van der Waals surface area contributed by atoms with Gasteiger partial charge in [0.05, 0.1) is 26.0 Å². The van der Waals surface area contributed by atoms with Crippen LogP contribution in [0, 0.1) is 0 Å². The Morgan fingerprint density at radius 1 is 1.13 bits per heavy atom. The summed E-state index contributed by atoms with van der Waals surface area (Å²) in [6.07, 6.45) is 5.33. The lowest BCUT2D eigenvalue weighted by Gasteiger charge is -2.32. The predicted octanol–water partition coefficient (Wildman–Crippen LogP) is 2.98. The van der Waals surface area contributed by atoms with Crippen LogP contribution in [-0.4, -0.2) is 42.2 Å². The molecule has 0 bridgehead atoms. The quantitative estimate of drug-likeness (QED) is 0.565. The lowest BCUT2D eigenvalue weighted by molar-refractivity contribution is 0.0895. The molecule has 9 heteroatoms. The molecule has 1 aliphatic carbocycles. The van der Waals surface area contributed by atoms with E-state index in [1.807, 2.05) is 0 Å². The molecule has 30 heavy (non-hydrogen) atoms. The van der Waals surface area contributed by atoms with Gasteiger partial charge in [0.15, 0.2) is 17.3 Å². The number of hydrogen-bond donors (Lipinski definition) is 3. The van der Waals surface area contributed by atoms with Crippen LogP contribution in [0.15, 0.2) is 34.9 Å². The van der Waals surface area contributed by atoms with E-state index in [-0.39, 0.29) is 18.0 Å². The topological polar surface area (TPSA) is 125 Å². The van der Waals surface area contributed by atoms with Crippen LogP contribution in [0.5, 0.6) is 11.5 Å². The van der Waals surface area contributed by atoms with Gasteiger partial charge in [0.25, 0.3) is 5.91 Å². The van der Waals surface area contributed by atoms with Crippen molar-refractivity contribution < 1.29 is 18.7 Å². The smallest absolute Gasteiger partial charge is 0.287 e. The Hall–Kier alpha value is -3.49. The Bertz CT molecular complexity index is 1040. The van der Waals surface area contributed by atoms with Crippen LogP contribution in [-0.2, 0) is 0 Å². The van der Waals surface area contributed by atoms with Gasteiger partial charge in [-0.25, -0.2) is 4.98 Å². The van der Waals surface area contributed by atoms with Gasteiger partial charge in [-0.3, -0.25) is 4.79 Å². The molecule has 2 atom stereocenters. The maximum Gasteiger partial charge on any atom is 0.287 e. The first-order valence-corrected chi connectivity index (χ1v) is 9.89. The van der Waals surface area contributed by atoms with E-state index in [1.165, 1.54) is 6.26 Å². The molecular formula is C21H25N5O4. The standard InChI is InChI=1S/C21H25N5O4/c1-28-17-10-12-15(11-18(17)29-2)25-21(26-19(12)22)24-14-7-4-3-6-13(14)23-20(27)16-8-5-9-30-16/h5,8-11,13-14H,3-4,6-7H2,1-2H3,(H,23,27)(H3,22,24,25,26)/t13-,14+/m0/s1. The summed E-state index contributed by atoms with van der Waals surface area (Å²) < 4.78 is 15.9. The van der Waals surface area contributed by atoms with E-state index in [4.69, 9.17) is 19.6 Å². The fourth-order valence-electron chi connectivity index (χ4n) is 3.83. The van der Waals surface area contributed by atoms with Crippen molar-refractivity contribution in [3.63, 3.8) is 0 Å². The zero-order chi connectivity index (χ0) is 21.1. The highest BCUT2D eigenvalue weighted by atomic mass is 16.5. The number of carbonyl (C=O) groups excluding carboxylic acids is 1. The molecule has 1 amide bonds. The average molecular weight is 411 g/mol. The first kappa shape index (κ1) is 19.8. The van der Waals surface area contributed by atoms with E-state index in [0.29, 0.717) is 39.9 Å². The minimum Gasteiger partial charge on any atom is -0.493 e. The molecule has 1 saturated carbocycles. The number of fused-ring (bicyclic) bond motifs is 1. The van der Waals surface area contributed by atoms with Crippen LogP contribution < -0.4 is 25.8 Å². The molecule has 4 rings (SSSR count). The van der Waals surface area contributed by atoms with Crippen LogP contribution in [0.2, 0.25) is 0 Å². The molecule has 158 valence electrons. The zero-order valence-electron chi connectivity index (χ0n) is 17.0. The fourth-order valence-corrected chi connectivity index (χ4v) is 3.83. The molecule has 1 aliphatic rings. The number of anilines is 2. The maximum absolute atomic E-state index is 12.4. The highest BCUT2D eigenvalue weighted by Crippen LogP contribution is 2.34. The molecule has 0 radical (unpaired) electrons. The summed E-state index contributed by atoms with van der Waals surface area (Å²) in [4.78, 5) is 21.4. The van der Waals surface area contributed by atoms with Crippen molar-refractivity contribution in [2.75, 3.05) is 25.3 Å². The van der Waals surface area contributed by atoms with Gasteiger partial charge in [-0.05, 0) is 31.0 Å². The van der Waals surface area contributed by atoms with E-state index < -0.39 is 0 Å². The molecule has 3 aromatic rings.